The van der Waals surface area contributed by atoms with Crippen molar-refractivity contribution in [1.29, 1.82) is 0 Å². The molecule has 0 atom stereocenters. The Hall–Kier alpha value is -1.58. The van der Waals surface area contributed by atoms with E-state index in [1.807, 2.05) is 11.1 Å². The first-order valence-corrected chi connectivity index (χ1v) is 6.69. The molecule has 1 aromatic rings. The number of piperazine rings is 1. The summed E-state index contributed by atoms with van der Waals surface area (Å²) < 4.78 is 0. The van der Waals surface area contributed by atoms with Gasteiger partial charge < -0.3 is 9.80 Å². The highest BCUT2D eigenvalue weighted by molar-refractivity contribution is 5.53. The van der Waals surface area contributed by atoms with Gasteiger partial charge in [-0.3, -0.25) is 4.79 Å². The van der Waals surface area contributed by atoms with Gasteiger partial charge in [0.2, 0.25) is 6.41 Å². The topological polar surface area (TPSA) is 36.4 Å². The monoisotopic (exact) mass is 245 g/mol. The van der Waals surface area contributed by atoms with Gasteiger partial charge in [-0.1, -0.05) is 6.07 Å². The second kappa shape index (κ2) is 4.59. The highest BCUT2D eigenvalue weighted by atomic mass is 16.1. The molecule has 96 valence electrons. The summed E-state index contributed by atoms with van der Waals surface area (Å²) in [6.07, 6.45) is 5.49. The van der Waals surface area contributed by atoms with Gasteiger partial charge in [-0.25, -0.2) is 4.98 Å². The number of amides is 1. The van der Waals surface area contributed by atoms with E-state index in [0.717, 1.165) is 44.3 Å². The van der Waals surface area contributed by atoms with E-state index < -0.39 is 0 Å². The minimum absolute atomic E-state index is 0.719. The summed E-state index contributed by atoms with van der Waals surface area (Å²) in [5.74, 6) is 1.87. The maximum Gasteiger partial charge on any atom is 0.209 e. The first kappa shape index (κ1) is 11.5. The molecule has 4 heteroatoms. The minimum Gasteiger partial charge on any atom is -0.353 e. The van der Waals surface area contributed by atoms with Crippen LogP contribution >= 0.6 is 0 Å². The van der Waals surface area contributed by atoms with Crippen LogP contribution < -0.4 is 4.90 Å². The van der Waals surface area contributed by atoms with Crippen LogP contribution in [0, 0.1) is 6.92 Å². The van der Waals surface area contributed by atoms with E-state index in [1.54, 1.807) is 0 Å². The molecule has 1 aromatic heterocycles. The molecule has 0 aromatic carbocycles. The molecular weight excluding hydrogens is 226 g/mol. The van der Waals surface area contributed by atoms with E-state index in [-0.39, 0.29) is 0 Å². The predicted octanol–water partition coefficient (Wildman–Crippen LogP) is 1.55. The lowest BCUT2D eigenvalue weighted by atomic mass is 10.1. The maximum absolute atomic E-state index is 10.7. The van der Waals surface area contributed by atoms with Crippen molar-refractivity contribution in [2.24, 2.45) is 0 Å². The molecule has 0 N–H and O–H groups in total. The molecule has 2 fully saturated rings. The van der Waals surface area contributed by atoms with E-state index in [9.17, 15) is 4.79 Å². The lowest BCUT2D eigenvalue weighted by Crippen LogP contribution is -2.46. The van der Waals surface area contributed by atoms with E-state index in [1.165, 1.54) is 24.0 Å². The van der Waals surface area contributed by atoms with Crippen LogP contribution in [0.3, 0.4) is 0 Å². The number of carbonyl (C=O) groups excluding carboxylic acids is 1. The molecular formula is C14H19N3O. The molecule has 2 heterocycles. The third-order valence-electron chi connectivity index (χ3n) is 3.81. The van der Waals surface area contributed by atoms with Gasteiger partial charge in [-0.05, 0) is 36.8 Å². The number of pyridine rings is 1. The molecule has 1 saturated heterocycles. The Morgan fingerprint density at radius 1 is 1.28 bits per heavy atom. The first-order chi connectivity index (χ1) is 8.78. The molecule has 1 saturated carbocycles. The molecule has 0 radical (unpaired) electrons. The van der Waals surface area contributed by atoms with E-state index >= 15 is 0 Å². The Balaban J connectivity index is 1.81. The number of nitrogens with zero attached hydrogens (tertiary/aromatic N) is 3. The normalized spacial score (nSPS) is 20.1. The number of rotatable bonds is 3. The van der Waals surface area contributed by atoms with Crippen molar-refractivity contribution in [1.82, 2.24) is 9.88 Å². The Morgan fingerprint density at radius 3 is 2.61 bits per heavy atom. The Kier molecular flexibility index (Phi) is 2.94. The summed E-state index contributed by atoms with van der Waals surface area (Å²) in [4.78, 5) is 19.5. The molecule has 18 heavy (non-hydrogen) atoms. The zero-order valence-electron chi connectivity index (χ0n) is 10.8. The summed E-state index contributed by atoms with van der Waals surface area (Å²) in [5, 5.41) is 0. The third-order valence-corrected chi connectivity index (χ3v) is 3.81. The van der Waals surface area contributed by atoms with Crippen LogP contribution in [0.1, 0.15) is 29.9 Å². The molecule has 0 unspecified atom stereocenters. The number of carbonyl (C=O) groups is 1. The number of aryl methyl sites for hydroxylation is 1. The second-order valence-electron chi connectivity index (χ2n) is 5.33. The average molecular weight is 245 g/mol. The number of anilines is 1. The molecule has 3 rings (SSSR count). The fourth-order valence-corrected chi connectivity index (χ4v) is 2.58. The second-order valence-corrected chi connectivity index (χ2v) is 5.33. The van der Waals surface area contributed by atoms with Gasteiger partial charge in [0, 0.05) is 32.4 Å². The van der Waals surface area contributed by atoms with Gasteiger partial charge in [0.25, 0.3) is 0 Å². The highest BCUT2D eigenvalue weighted by Crippen LogP contribution is 2.44. The summed E-state index contributed by atoms with van der Waals surface area (Å²) in [7, 11) is 0. The van der Waals surface area contributed by atoms with Crippen molar-refractivity contribution in [2.45, 2.75) is 25.7 Å². The predicted molar refractivity (Wildman–Crippen MR) is 70.8 cm³/mol. The minimum atomic E-state index is 0.719. The number of aromatic nitrogens is 1. The van der Waals surface area contributed by atoms with Crippen LogP contribution in [0.25, 0.3) is 0 Å². The van der Waals surface area contributed by atoms with Crippen LogP contribution in [0.2, 0.25) is 0 Å². The van der Waals surface area contributed by atoms with Crippen LogP contribution in [0.4, 0.5) is 5.82 Å². The van der Waals surface area contributed by atoms with Gasteiger partial charge in [-0.2, -0.15) is 0 Å². The summed E-state index contributed by atoms with van der Waals surface area (Å²) >= 11 is 0. The zero-order chi connectivity index (χ0) is 12.5. The van der Waals surface area contributed by atoms with Gasteiger partial charge in [0.1, 0.15) is 5.82 Å². The molecule has 2 aliphatic rings. The van der Waals surface area contributed by atoms with Crippen molar-refractivity contribution in [3.05, 3.63) is 23.4 Å². The van der Waals surface area contributed by atoms with Crippen LogP contribution in [0.5, 0.6) is 0 Å². The smallest absolute Gasteiger partial charge is 0.209 e. The number of hydrogen-bond acceptors (Lipinski definition) is 3. The summed E-state index contributed by atoms with van der Waals surface area (Å²) in [6.45, 7) is 5.52. The Labute approximate surface area is 108 Å². The average Bonchev–Trinajstić information content (AvgIpc) is 3.23. The Bertz CT molecular complexity index is 448. The fourth-order valence-electron chi connectivity index (χ4n) is 2.58. The summed E-state index contributed by atoms with van der Waals surface area (Å²) in [6, 6.07) is 2.28. The molecule has 0 bridgehead atoms. The van der Waals surface area contributed by atoms with Crippen molar-refractivity contribution < 1.29 is 4.79 Å². The molecule has 1 aliphatic carbocycles. The molecule has 0 spiro atoms. The maximum atomic E-state index is 10.7. The van der Waals surface area contributed by atoms with E-state index in [4.69, 9.17) is 0 Å². The number of hydrogen-bond donors (Lipinski definition) is 0. The van der Waals surface area contributed by atoms with Gasteiger partial charge in [-0.15, -0.1) is 0 Å². The van der Waals surface area contributed by atoms with Crippen LogP contribution in [-0.2, 0) is 4.79 Å². The lowest BCUT2D eigenvalue weighted by molar-refractivity contribution is -0.118. The van der Waals surface area contributed by atoms with E-state index in [2.05, 4.69) is 22.9 Å². The Morgan fingerprint density at radius 2 is 2.00 bits per heavy atom. The van der Waals surface area contributed by atoms with Crippen LogP contribution in [0.15, 0.2) is 12.3 Å². The highest BCUT2D eigenvalue weighted by Gasteiger charge is 2.29. The van der Waals surface area contributed by atoms with Crippen molar-refractivity contribution in [3.63, 3.8) is 0 Å². The SMILES string of the molecule is Cc1cnc(N2CCN(C=O)CC2)c(C2CC2)c1. The zero-order valence-corrected chi connectivity index (χ0v) is 10.8. The van der Waals surface area contributed by atoms with Crippen molar-refractivity contribution in [3.8, 4) is 0 Å². The van der Waals surface area contributed by atoms with Crippen molar-refractivity contribution >= 4 is 12.2 Å². The van der Waals surface area contributed by atoms with Gasteiger partial charge >= 0.3 is 0 Å². The standard InChI is InChI=1S/C14H19N3O/c1-11-8-13(12-2-3-12)14(15-9-11)17-6-4-16(10-18)5-7-17/h8-10,12H,2-7H2,1H3. The van der Waals surface area contributed by atoms with Crippen LogP contribution in [-0.4, -0.2) is 42.5 Å². The molecule has 1 aliphatic heterocycles. The molecule has 4 nitrogen and oxygen atoms in total. The van der Waals surface area contributed by atoms with Gasteiger partial charge in [0.15, 0.2) is 0 Å². The van der Waals surface area contributed by atoms with Gasteiger partial charge in [0.05, 0.1) is 0 Å². The first-order valence-electron chi connectivity index (χ1n) is 6.69. The quantitative estimate of drug-likeness (QED) is 0.758. The van der Waals surface area contributed by atoms with E-state index in [0.29, 0.717) is 0 Å². The van der Waals surface area contributed by atoms with Crippen molar-refractivity contribution in [2.75, 3.05) is 31.1 Å². The third kappa shape index (κ3) is 2.19. The largest absolute Gasteiger partial charge is 0.353 e. The lowest BCUT2D eigenvalue weighted by Gasteiger charge is -2.34. The summed E-state index contributed by atoms with van der Waals surface area (Å²) in [5.41, 5.74) is 2.65. The fraction of sp³-hybridized carbons (Fsp3) is 0.571. The molecule has 1 amide bonds.